The second kappa shape index (κ2) is 4.53. The number of likely N-dealkylation sites (tertiary alicyclic amines) is 1. The third-order valence-electron chi connectivity index (χ3n) is 3.86. The first kappa shape index (κ1) is 12.0. The highest BCUT2D eigenvalue weighted by Crippen LogP contribution is 2.26. The molecule has 1 spiro atoms. The standard InChI is InChI=1S/C13H17N5O/c14-12-16-9-13(17-12)3-6-18(7-4-13)11(19)10-2-1-5-15-8-10/h1-2,5,8H,3-4,6-7,9H2,(H3,14,16,17). The van der Waals surface area contributed by atoms with Crippen LogP contribution in [-0.4, -0.2) is 46.9 Å². The number of amides is 1. The third-order valence-corrected chi connectivity index (χ3v) is 3.86. The summed E-state index contributed by atoms with van der Waals surface area (Å²) in [7, 11) is 0. The molecule has 100 valence electrons. The number of piperidine rings is 1. The van der Waals surface area contributed by atoms with Crippen molar-refractivity contribution in [1.82, 2.24) is 15.2 Å². The smallest absolute Gasteiger partial charge is 0.255 e. The van der Waals surface area contributed by atoms with Crippen LogP contribution in [0, 0.1) is 0 Å². The molecule has 3 N–H and O–H groups in total. The van der Waals surface area contributed by atoms with Gasteiger partial charge in [0, 0.05) is 25.5 Å². The third kappa shape index (κ3) is 2.25. The van der Waals surface area contributed by atoms with Gasteiger partial charge >= 0.3 is 0 Å². The number of carbonyl (C=O) groups excluding carboxylic acids is 1. The van der Waals surface area contributed by atoms with Gasteiger partial charge in [-0.15, -0.1) is 0 Å². The van der Waals surface area contributed by atoms with Crippen LogP contribution in [-0.2, 0) is 0 Å². The normalized spacial score (nSPS) is 21.1. The van der Waals surface area contributed by atoms with Crippen molar-refractivity contribution >= 4 is 11.9 Å². The minimum absolute atomic E-state index is 0.0319. The van der Waals surface area contributed by atoms with Gasteiger partial charge < -0.3 is 16.0 Å². The minimum atomic E-state index is -0.0319. The lowest BCUT2D eigenvalue weighted by molar-refractivity contribution is 0.0668. The molecule has 0 saturated carbocycles. The zero-order chi connectivity index (χ0) is 13.3. The van der Waals surface area contributed by atoms with Crippen molar-refractivity contribution in [3.63, 3.8) is 0 Å². The number of nitrogens with one attached hydrogen (secondary N) is 1. The molecule has 2 aliphatic heterocycles. The molecule has 6 heteroatoms. The summed E-state index contributed by atoms with van der Waals surface area (Å²) >= 11 is 0. The summed E-state index contributed by atoms with van der Waals surface area (Å²) in [5.41, 5.74) is 6.29. The fourth-order valence-corrected chi connectivity index (χ4v) is 2.68. The summed E-state index contributed by atoms with van der Waals surface area (Å²) in [4.78, 5) is 22.4. The Morgan fingerprint density at radius 1 is 1.42 bits per heavy atom. The Hall–Kier alpha value is -2.11. The average Bonchev–Trinajstić information content (AvgIpc) is 2.81. The highest BCUT2D eigenvalue weighted by molar-refractivity contribution is 5.94. The molecule has 19 heavy (non-hydrogen) atoms. The zero-order valence-electron chi connectivity index (χ0n) is 10.7. The molecule has 0 unspecified atom stereocenters. The van der Waals surface area contributed by atoms with Crippen LogP contribution in [0.25, 0.3) is 0 Å². The highest BCUT2D eigenvalue weighted by atomic mass is 16.2. The average molecular weight is 259 g/mol. The number of hydrogen-bond acceptors (Lipinski definition) is 5. The first-order valence-electron chi connectivity index (χ1n) is 6.46. The lowest BCUT2D eigenvalue weighted by Gasteiger charge is -2.39. The maximum absolute atomic E-state index is 12.3. The Morgan fingerprint density at radius 2 is 2.21 bits per heavy atom. The monoisotopic (exact) mass is 259 g/mol. The number of pyridine rings is 1. The van der Waals surface area contributed by atoms with Crippen LogP contribution < -0.4 is 11.1 Å². The van der Waals surface area contributed by atoms with E-state index in [0.717, 1.165) is 25.9 Å². The van der Waals surface area contributed by atoms with Crippen molar-refractivity contribution in [3.8, 4) is 0 Å². The van der Waals surface area contributed by atoms with E-state index in [-0.39, 0.29) is 11.4 Å². The predicted octanol–water partition coefficient (Wildman–Crippen LogP) is -0.0257. The summed E-state index contributed by atoms with van der Waals surface area (Å²) < 4.78 is 0. The predicted molar refractivity (Wildman–Crippen MR) is 71.7 cm³/mol. The van der Waals surface area contributed by atoms with Crippen LogP contribution in [0.4, 0.5) is 0 Å². The molecule has 1 saturated heterocycles. The maximum atomic E-state index is 12.3. The number of carbonyl (C=O) groups is 1. The quantitative estimate of drug-likeness (QED) is 0.742. The Kier molecular flexibility index (Phi) is 2.85. The second-order valence-corrected chi connectivity index (χ2v) is 5.14. The summed E-state index contributed by atoms with van der Waals surface area (Å²) in [6.45, 7) is 2.17. The summed E-state index contributed by atoms with van der Waals surface area (Å²) in [5.74, 6) is 0.571. The Bertz CT molecular complexity index is 505. The maximum Gasteiger partial charge on any atom is 0.255 e. The van der Waals surface area contributed by atoms with E-state index in [1.54, 1.807) is 24.5 Å². The van der Waals surface area contributed by atoms with Crippen molar-refractivity contribution < 1.29 is 4.79 Å². The van der Waals surface area contributed by atoms with E-state index >= 15 is 0 Å². The van der Waals surface area contributed by atoms with E-state index in [4.69, 9.17) is 5.73 Å². The Balaban J connectivity index is 1.63. The van der Waals surface area contributed by atoms with Crippen molar-refractivity contribution in [3.05, 3.63) is 30.1 Å². The fourth-order valence-electron chi connectivity index (χ4n) is 2.68. The van der Waals surface area contributed by atoms with E-state index < -0.39 is 0 Å². The molecule has 0 aromatic carbocycles. The van der Waals surface area contributed by atoms with E-state index in [9.17, 15) is 4.79 Å². The van der Waals surface area contributed by atoms with Gasteiger partial charge in [0.2, 0.25) is 0 Å². The number of aliphatic imine (C=N–C) groups is 1. The lowest BCUT2D eigenvalue weighted by atomic mass is 9.88. The number of nitrogens with zero attached hydrogens (tertiary/aromatic N) is 3. The summed E-state index contributed by atoms with van der Waals surface area (Å²) in [6, 6.07) is 3.58. The molecule has 0 aliphatic carbocycles. The molecule has 0 bridgehead atoms. The Labute approximate surface area is 111 Å². The fraction of sp³-hybridized carbons (Fsp3) is 0.462. The topological polar surface area (TPSA) is 83.6 Å². The lowest BCUT2D eigenvalue weighted by Crippen LogP contribution is -2.55. The van der Waals surface area contributed by atoms with E-state index in [0.29, 0.717) is 18.1 Å². The van der Waals surface area contributed by atoms with Gasteiger partial charge in [0.1, 0.15) is 0 Å². The first-order valence-corrected chi connectivity index (χ1v) is 6.46. The Morgan fingerprint density at radius 3 is 2.79 bits per heavy atom. The molecule has 2 aliphatic rings. The number of guanidine groups is 1. The molecule has 3 rings (SSSR count). The molecule has 0 radical (unpaired) electrons. The van der Waals surface area contributed by atoms with Crippen molar-refractivity contribution in [2.75, 3.05) is 19.6 Å². The van der Waals surface area contributed by atoms with Crippen LogP contribution in [0.1, 0.15) is 23.2 Å². The van der Waals surface area contributed by atoms with Crippen molar-refractivity contribution in [2.24, 2.45) is 10.7 Å². The van der Waals surface area contributed by atoms with Gasteiger partial charge in [0.15, 0.2) is 5.96 Å². The van der Waals surface area contributed by atoms with Gasteiger partial charge in [0.05, 0.1) is 17.6 Å². The van der Waals surface area contributed by atoms with Gasteiger partial charge in [-0.3, -0.25) is 14.8 Å². The van der Waals surface area contributed by atoms with Gasteiger partial charge in [-0.25, -0.2) is 0 Å². The molecule has 6 nitrogen and oxygen atoms in total. The molecule has 1 aromatic rings. The van der Waals surface area contributed by atoms with Crippen LogP contribution in [0.5, 0.6) is 0 Å². The van der Waals surface area contributed by atoms with Crippen molar-refractivity contribution in [1.29, 1.82) is 0 Å². The molecular weight excluding hydrogens is 242 g/mol. The molecule has 1 fully saturated rings. The van der Waals surface area contributed by atoms with Gasteiger partial charge in [-0.1, -0.05) is 0 Å². The van der Waals surface area contributed by atoms with E-state index in [1.165, 1.54) is 0 Å². The minimum Gasteiger partial charge on any atom is -0.370 e. The van der Waals surface area contributed by atoms with Crippen LogP contribution in [0.2, 0.25) is 0 Å². The number of nitrogens with two attached hydrogens (primary N) is 1. The van der Waals surface area contributed by atoms with Crippen LogP contribution in [0.15, 0.2) is 29.5 Å². The van der Waals surface area contributed by atoms with Crippen LogP contribution >= 0.6 is 0 Å². The van der Waals surface area contributed by atoms with Crippen molar-refractivity contribution in [2.45, 2.75) is 18.4 Å². The van der Waals surface area contributed by atoms with E-state index in [1.807, 2.05) is 4.90 Å². The number of rotatable bonds is 1. The largest absolute Gasteiger partial charge is 0.370 e. The molecule has 3 heterocycles. The summed E-state index contributed by atoms with van der Waals surface area (Å²) in [6.07, 6.45) is 5.04. The SMILES string of the molecule is NC1=NCC2(CCN(C(=O)c3cccnc3)CC2)N1. The molecule has 0 atom stereocenters. The number of aromatic nitrogens is 1. The molecule has 1 amide bonds. The molecule has 1 aromatic heterocycles. The summed E-state index contributed by atoms with van der Waals surface area (Å²) in [5, 5.41) is 3.25. The first-order chi connectivity index (χ1) is 9.19. The number of hydrogen-bond donors (Lipinski definition) is 2. The van der Waals surface area contributed by atoms with Crippen LogP contribution in [0.3, 0.4) is 0 Å². The van der Waals surface area contributed by atoms with Gasteiger partial charge in [-0.2, -0.15) is 0 Å². The highest BCUT2D eigenvalue weighted by Gasteiger charge is 2.39. The zero-order valence-corrected chi connectivity index (χ0v) is 10.7. The van der Waals surface area contributed by atoms with E-state index in [2.05, 4.69) is 15.3 Å². The second-order valence-electron chi connectivity index (χ2n) is 5.14. The van der Waals surface area contributed by atoms with Gasteiger partial charge in [0.25, 0.3) is 5.91 Å². The van der Waals surface area contributed by atoms with Gasteiger partial charge in [-0.05, 0) is 25.0 Å². The molecular formula is C13H17N5O.